The molecule has 2 N–H and O–H groups in total. The third-order valence-corrected chi connectivity index (χ3v) is 3.81. The van der Waals surface area contributed by atoms with E-state index in [1.807, 2.05) is 13.8 Å². The highest BCUT2D eigenvalue weighted by Crippen LogP contribution is 2.24. The van der Waals surface area contributed by atoms with Gasteiger partial charge in [0.25, 0.3) is 0 Å². The van der Waals surface area contributed by atoms with Gasteiger partial charge >= 0.3 is 5.97 Å². The van der Waals surface area contributed by atoms with Gasteiger partial charge in [0.2, 0.25) is 0 Å². The zero-order valence-electron chi connectivity index (χ0n) is 10.2. The van der Waals surface area contributed by atoms with Crippen LogP contribution in [0.1, 0.15) is 33.1 Å². The lowest BCUT2D eigenvalue weighted by atomic mass is 9.92. The van der Waals surface area contributed by atoms with Crippen molar-refractivity contribution in [2.45, 2.75) is 45.2 Å². The van der Waals surface area contributed by atoms with Gasteiger partial charge in [-0.1, -0.05) is 0 Å². The summed E-state index contributed by atoms with van der Waals surface area (Å²) < 4.78 is 0. The Bertz CT molecular complexity index is 278. The van der Waals surface area contributed by atoms with Crippen molar-refractivity contribution in [1.29, 1.82) is 0 Å². The van der Waals surface area contributed by atoms with Crippen molar-refractivity contribution in [2.24, 2.45) is 5.41 Å². The number of rotatable bonds is 3. The number of carboxylic acids is 1. The molecule has 2 saturated heterocycles. The molecule has 0 aliphatic carbocycles. The van der Waals surface area contributed by atoms with Crippen LogP contribution >= 0.6 is 0 Å². The molecule has 0 aromatic heterocycles. The van der Waals surface area contributed by atoms with Crippen LogP contribution in [-0.2, 0) is 4.79 Å². The summed E-state index contributed by atoms with van der Waals surface area (Å²) in [5.41, 5.74) is -0.635. The number of likely N-dealkylation sites (tertiary alicyclic amines) is 1. The molecule has 4 heteroatoms. The van der Waals surface area contributed by atoms with E-state index in [1.165, 1.54) is 12.8 Å². The van der Waals surface area contributed by atoms with Gasteiger partial charge in [0.05, 0.1) is 5.41 Å². The summed E-state index contributed by atoms with van der Waals surface area (Å²) in [6.45, 7) is 6.32. The first-order valence-electron chi connectivity index (χ1n) is 6.19. The lowest BCUT2D eigenvalue weighted by Crippen LogP contribution is -2.43. The molecule has 0 spiro atoms. The summed E-state index contributed by atoms with van der Waals surface area (Å²) in [6, 6.07) is 1.25. The maximum atomic E-state index is 11.1. The number of aliphatic carboxylic acids is 1. The Morgan fingerprint density at radius 1 is 1.38 bits per heavy atom. The Kier molecular flexibility index (Phi) is 3.22. The molecule has 2 aliphatic heterocycles. The Morgan fingerprint density at radius 3 is 2.75 bits per heavy atom. The molecule has 0 saturated carbocycles. The normalized spacial score (nSPS) is 31.4. The lowest BCUT2D eigenvalue weighted by molar-refractivity contribution is -0.148. The smallest absolute Gasteiger partial charge is 0.310 e. The Balaban J connectivity index is 1.93. The maximum Gasteiger partial charge on any atom is 0.310 e. The summed E-state index contributed by atoms with van der Waals surface area (Å²) in [5.74, 6) is -0.699. The summed E-state index contributed by atoms with van der Waals surface area (Å²) in [6.07, 6.45) is 3.70. The monoisotopic (exact) mass is 226 g/mol. The van der Waals surface area contributed by atoms with E-state index in [2.05, 4.69) is 10.2 Å². The Labute approximate surface area is 97.0 Å². The minimum atomic E-state index is -0.699. The minimum absolute atomic E-state index is 0.581. The highest BCUT2D eigenvalue weighted by molar-refractivity contribution is 5.73. The largest absolute Gasteiger partial charge is 0.481 e. The van der Waals surface area contributed by atoms with Gasteiger partial charge in [-0.3, -0.25) is 4.79 Å². The fourth-order valence-corrected chi connectivity index (χ4v) is 2.79. The predicted molar refractivity (Wildman–Crippen MR) is 62.4 cm³/mol. The number of carbonyl (C=O) groups is 1. The van der Waals surface area contributed by atoms with E-state index < -0.39 is 11.4 Å². The van der Waals surface area contributed by atoms with E-state index >= 15 is 0 Å². The van der Waals surface area contributed by atoms with Crippen LogP contribution in [0.15, 0.2) is 0 Å². The topological polar surface area (TPSA) is 52.6 Å². The third-order valence-electron chi connectivity index (χ3n) is 3.81. The van der Waals surface area contributed by atoms with Gasteiger partial charge in [0.1, 0.15) is 0 Å². The van der Waals surface area contributed by atoms with Gasteiger partial charge in [-0.15, -0.1) is 0 Å². The van der Waals surface area contributed by atoms with Crippen LogP contribution in [0.2, 0.25) is 0 Å². The van der Waals surface area contributed by atoms with Crippen LogP contribution in [0.4, 0.5) is 0 Å². The average Bonchev–Trinajstić information content (AvgIpc) is 2.50. The fourth-order valence-electron chi connectivity index (χ4n) is 2.79. The van der Waals surface area contributed by atoms with Crippen LogP contribution < -0.4 is 5.32 Å². The van der Waals surface area contributed by atoms with Gasteiger partial charge in [0, 0.05) is 25.2 Å². The molecular formula is C12H22N2O2. The number of carboxylic acid groups (broad SMARTS) is 1. The molecule has 16 heavy (non-hydrogen) atoms. The van der Waals surface area contributed by atoms with Crippen molar-refractivity contribution >= 4 is 5.97 Å². The summed E-state index contributed by atoms with van der Waals surface area (Å²) in [7, 11) is 0. The first-order chi connectivity index (χ1) is 7.47. The number of hydrogen-bond donors (Lipinski definition) is 2. The quantitative estimate of drug-likeness (QED) is 0.751. The Morgan fingerprint density at radius 2 is 2.06 bits per heavy atom. The molecule has 0 radical (unpaired) electrons. The van der Waals surface area contributed by atoms with Gasteiger partial charge in [-0.2, -0.15) is 0 Å². The SMILES string of the molecule is CC(C)(CN1CCC2CCC(C1)N2)C(=O)O. The molecule has 4 nitrogen and oxygen atoms in total. The van der Waals surface area contributed by atoms with Crippen molar-refractivity contribution in [3.63, 3.8) is 0 Å². The molecule has 0 aromatic rings. The van der Waals surface area contributed by atoms with Gasteiger partial charge in [-0.25, -0.2) is 0 Å². The summed E-state index contributed by atoms with van der Waals surface area (Å²) in [5, 5.41) is 12.7. The van der Waals surface area contributed by atoms with E-state index in [-0.39, 0.29) is 0 Å². The first kappa shape index (κ1) is 11.9. The molecule has 2 bridgehead atoms. The second-order valence-corrected chi connectivity index (χ2v) is 5.85. The highest BCUT2D eigenvalue weighted by atomic mass is 16.4. The lowest BCUT2D eigenvalue weighted by Gasteiger charge is -2.30. The molecule has 2 atom stereocenters. The zero-order valence-corrected chi connectivity index (χ0v) is 10.2. The van der Waals surface area contributed by atoms with E-state index in [1.54, 1.807) is 0 Å². The third kappa shape index (κ3) is 2.55. The van der Waals surface area contributed by atoms with Crippen molar-refractivity contribution in [2.75, 3.05) is 19.6 Å². The molecule has 92 valence electrons. The standard InChI is InChI=1S/C12H22N2O2/c1-12(2,11(15)16)8-14-6-5-9-3-4-10(7-14)13-9/h9-10,13H,3-8H2,1-2H3,(H,15,16). The van der Waals surface area contributed by atoms with E-state index in [0.29, 0.717) is 18.6 Å². The molecular weight excluding hydrogens is 204 g/mol. The van der Waals surface area contributed by atoms with Crippen molar-refractivity contribution < 1.29 is 9.90 Å². The van der Waals surface area contributed by atoms with Crippen LogP contribution in [-0.4, -0.2) is 47.7 Å². The van der Waals surface area contributed by atoms with Crippen LogP contribution in [0, 0.1) is 5.41 Å². The summed E-state index contributed by atoms with van der Waals surface area (Å²) >= 11 is 0. The first-order valence-corrected chi connectivity index (χ1v) is 6.19. The fraction of sp³-hybridized carbons (Fsp3) is 0.917. The van der Waals surface area contributed by atoms with Crippen molar-refractivity contribution in [1.82, 2.24) is 10.2 Å². The second-order valence-electron chi connectivity index (χ2n) is 5.85. The van der Waals surface area contributed by atoms with Crippen LogP contribution in [0.3, 0.4) is 0 Å². The van der Waals surface area contributed by atoms with E-state index in [0.717, 1.165) is 19.5 Å². The number of fused-ring (bicyclic) bond motifs is 2. The molecule has 0 amide bonds. The van der Waals surface area contributed by atoms with Crippen molar-refractivity contribution in [3.05, 3.63) is 0 Å². The molecule has 2 fully saturated rings. The number of nitrogens with one attached hydrogen (secondary N) is 1. The molecule has 2 aliphatic rings. The predicted octanol–water partition coefficient (Wildman–Crippen LogP) is 0.923. The number of nitrogens with zero attached hydrogens (tertiary/aromatic N) is 1. The molecule has 2 heterocycles. The molecule has 2 unspecified atom stereocenters. The molecule has 2 rings (SSSR count). The summed E-state index contributed by atoms with van der Waals surface area (Å²) in [4.78, 5) is 13.4. The van der Waals surface area contributed by atoms with Crippen LogP contribution in [0.5, 0.6) is 0 Å². The van der Waals surface area contributed by atoms with E-state index in [4.69, 9.17) is 5.11 Å². The minimum Gasteiger partial charge on any atom is -0.481 e. The van der Waals surface area contributed by atoms with Crippen LogP contribution in [0.25, 0.3) is 0 Å². The van der Waals surface area contributed by atoms with Gasteiger partial charge in [-0.05, 0) is 39.7 Å². The second kappa shape index (κ2) is 4.34. The van der Waals surface area contributed by atoms with Gasteiger partial charge < -0.3 is 15.3 Å². The molecule has 0 aromatic carbocycles. The Hall–Kier alpha value is -0.610. The highest BCUT2D eigenvalue weighted by Gasteiger charge is 2.34. The number of hydrogen-bond acceptors (Lipinski definition) is 3. The average molecular weight is 226 g/mol. The van der Waals surface area contributed by atoms with E-state index in [9.17, 15) is 4.79 Å². The van der Waals surface area contributed by atoms with Crippen molar-refractivity contribution in [3.8, 4) is 0 Å². The maximum absolute atomic E-state index is 11.1. The zero-order chi connectivity index (χ0) is 11.8. The van der Waals surface area contributed by atoms with Gasteiger partial charge in [0.15, 0.2) is 0 Å².